The summed E-state index contributed by atoms with van der Waals surface area (Å²) in [5.74, 6) is 0.180. The van der Waals surface area contributed by atoms with E-state index in [1.54, 1.807) is 6.92 Å². The average Bonchev–Trinajstić information content (AvgIpc) is 2.83. The number of hydrogen-bond donors (Lipinski definition) is 0. The highest BCUT2D eigenvalue weighted by Crippen LogP contribution is 2.36. The summed E-state index contributed by atoms with van der Waals surface area (Å²) < 4.78 is 5.86. The Morgan fingerprint density at radius 1 is 1.17 bits per heavy atom. The molecule has 4 nitrogen and oxygen atoms in total. The Hall–Kier alpha value is -2.36. The quantitative estimate of drug-likeness (QED) is 0.587. The Morgan fingerprint density at radius 2 is 1.96 bits per heavy atom. The van der Waals surface area contributed by atoms with Gasteiger partial charge in [0.15, 0.2) is 0 Å². The molecule has 1 atom stereocenters. The SMILES string of the molecule is CCCCCOc1cc(N2C(=O)CC(C)C2=O)c2ccccc2c1. The highest BCUT2D eigenvalue weighted by Gasteiger charge is 2.37. The number of nitrogens with zero attached hydrogens (tertiary/aromatic N) is 1. The van der Waals surface area contributed by atoms with Crippen molar-refractivity contribution < 1.29 is 14.3 Å². The molecule has 24 heavy (non-hydrogen) atoms. The first kappa shape index (κ1) is 16.5. The second-order valence-corrected chi connectivity index (χ2v) is 6.39. The third kappa shape index (κ3) is 3.14. The molecule has 4 heteroatoms. The van der Waals surface area contributed by atoms with Crippen molar-refractivity contribution in [1.29, 1.82) is 0 Å². The molecule has 0 radical (unpaired) electrons. The van der Waals surface area contributed by atoms with Gasteiger partial charge in [0, 0.05) is 23.8 Å². The molecule has 2 aromatic rings. The lowest BCUT2D eigenvalue weighted by Crippen LogP contribution is -2.30. The molecule has 0 spiro atoms. The summed E-state index contributed by atoms with van der Waals surface area (Å²) in [6.45, 7) is 4.59. The minimum absolute atomic E-state index is 0.131. The third-order valence-electron chi connectivity index (χ3n) is 4.44. The number of carbonyl (C=O) groups excluding carboxylic acids is 2. The number of fused-ring (bicyclic) bond motifs is 1. The van der Waals surface area contributed by atoms with Crippen molar-refractivity contribution in [2.45, 2.75) is 39.5 Å². The number of unbranched alkanes of at least 4 members (excludes halogenated alkanes) is 2. The summed E-state index contributed by atoms with van der Waals surface area (Å²) in [6, 6.07) is 11.6. The number of imide groups is 1. The molecule has 0 bridgehead atoms. The van der Waals surface area contributed by atoms with Gasteiger partial charge >= 0.3 is 0 Å². The molecule has 0 saturated carbocycles. The van der Waals surface area contributed by atoms with E-state index in [4.69, 9.17) is 4.74 Å². The zero-order valence-corrected chi connectivity index (χ0v) is 14.2. The largest absolute Gasteiger partial charge is 0.493 e. The fourth-order valence-electron chi connectivity index (χ4n) is 3.11. The molecule has 0 N–H and O–H groups in total. The van der Waals surface area contributed by atoms with E-state index in [1.165, 1.54) is 4.90 Å². The van der Waals surface area contributed by atoms with Crippen LogP contribution >= 0.6 is 0 Å². The Labute approximate surface area is 142 Å². The van der Waals surface area contributed by atoms with Gasteiger partial charge in [0.2, 0.25) is 11.8 Å². The van der Waals surface area contributed by atoms with Gasteiger partial charge in [-0.25, -0.2) is 4.90 Å². The number of carbonyl (C=O) groups is 2. The van der Waals surface area contributed by atoms with E-state index in [0.717, 1.165) is 30.0 Å². The van der Waals surface area contributed by atoms with E-state index in [-0.39, 0.29) is 24.2 Å². The van der Waals surface area contributed by atoms with Crippen LogP contribution in [0.5, 0.6) is 5.75 Å². The topological polar surface area (TPSA) is 46.6 Å². The molecular weight excluding hydrogens is 302 g/mol. The van der Waals surface area contributed by atoms with Crippen LogP contribution in [-0.4, -0.2) is 18.4 Å². The molecule has 2 aromatic carbocycles. The number of benzene rings is 2. The molecule has 126 valence electrons. The molecule has 1 unspecified atom stereocenters. The molecule has 1 aliphatic rings. The maximum atomic E-state index is 12.4. The first-order valence-electron chi connectivity index (χ1n) is 8.64. The maximum Gasteiger partial charge on any atom is 0.237 e. The van der Waals surface area contributed by atoms with Gasteiger partial charge in [-0.2, -0.15) is 0 Å². The van der Waals surface area contributed by atoms with E-state index >= 15 is 0 Å². The summed E-state index contributed by atoms with van der Waals surface area (Å²) >= 11 is 0. The van der Waals surface area contributed by atoms with Crippen molar-refractivity contribution in [1.82, 2.24) is 0 Å². The van der Waals surface area contributed by atoms with E-state index in [9.17, 15) is 9.59 Å². The Balaban J connectivity index is 1.99. The molecule has 1 fully saturated rings. The lowest BCUT2D eigenvalue weighted by atomic mass is 10.1. The first-order chi connectivity index (χ1) is 11.6. The van der Waals surface area contributed by atoms with Crippen molar-refractivity contribution in [2.24, 2.45) is 5.92 Å². The van der Waals surface area contributed by atoms with Gasteiger partial charge in [0.05, 0.1) is 12.3 Å². The second kappa shape index (κ2) is 7.04. The highest BCUT2D eigenvalue weighted by atomic mass is 16.5. The van der Waals surface area contributed by atoms with Crippen molar-refractivity contribution in [3.05, 3.63) is 36.4 Å². The number of amides is 2. The first-order valence-corrected chi connectivity index (χ1v) is 8.64. The zero-order chi connectivity index (χ0) is 17.1. The average molecular weight is 325 g/mol. The van der Waals surface area contributed by atoms with Crippen LogP contribution in [0.3, 0.4) is 0 Å². The van der Waals surface area contributed by atoms with Crippen molar-refractivity contribution in [3.8, 4) is 5.75 Å². The van der Waals surface area contributed by atoms with E-state index in [0.29, 0.717) is 18.0 Å². The van der Waals surface area contributed by atoms with Crippen LogP contribution in [-0.2, 0) is 9.59 Å². The number of rotatable bonds is 6. The predicted molar refractivity (Wildman–Crippen MR) is 95.2 cm³/mol. The number of anilines is 1. The van der Waals surface area contributed by atoms with Gasteiger partial charge < -0.3 is 4.74 Å². The van der Waals surface area contributed by atoms with Gasteiger partial charge in [0.25, 0.3) is 0 Å². The normalized spacial score (nSPS) is 17.8. The minimum Gasteiger partial charge on any atom is -0.493 e. The molecule has 1 aliphatic heterocycles. The third-order valence-corrected chi connectivity index (χ3v) is 4.44. The molecule has 3 rings (SSSR count). The zero-order valence-electron chi connectivity index (χ0n) is 14.2. The van der Waals surface area contributed by atoms with Crippen LogP contribution in [0.2, 0.25) is 0 Å². The summed E-state index contributed by atoms with van der Waals surface area (Å²) in [6.07, 6.45) is 3.54. The fourth-order valence-corrected chi connectivity index (χ4v) is 3.11. The molecule has 2 amide bonds. The maximum absolute atomic E-state index is 12.4. The van der Waals surface area contributed by atoms with E-state index in [2.05, 4.69) is 6.92 Å². The highest BCUT2D eigenvalue weighted by molar-refractivity contribution is 6.24. The molecular formula is C20H23NO3. The Bertz CT molecular complexity index is 769. The standard InChI is InChI=1S/C20H23NO3/c1-3-4-7-10-24-16-12-15-8-5-6-9-17(15)18(13-16)21-19(22)11-14(2)20(21)23/h5-6,8-9,12-14H,3-4,7,10-11H2,1-2H3. The van der Waals surface area contributed by atoms with Crippen molar-refractivity contribution in [3.63, 3.8) is 0 Å². The Kier molecular flexibility index (Phi) is 4.84. The van der Waals surface area contributed by atoms with Gasteiger partial charge in [-0.05, 0) is 17.9 Å². The van der Waals surface area contributed by atoms with E-state index in [1.807, 2.05) is 36.4 Å². The van der Waals surface area contributed by atoms with Gasteiger partial charge in [-0.3, -0.25) is 9.59 Å². The summed E-state index contributed by atoms with van der Waals surface area (Å²) in [5.41, 5.74) is 0.637. The van der Waals surface area contributed by atoms with Crippen molar-refractivity contribution in [2.75, 3.05) is 11.5 Å². The lowest BCUT2D eigenvalue weighted by molar-refractivity contribution is -0.122. The lowest BCUT2D eigenvalue weighted by Gasteiger charge is -2.19. The minimum atomic E-state index is -0.259. The van der Waals surface area contributed by atoms with Gasteiger partial charge in [0.1, 0.15) is 5.75 Å². The smallest absolute Gasteiger partial charge is 0.237 e. The summed E-state index contributed by atoms with van der Waals surface area (Å²) in [4.78, 5) is 26.1. The van der Waals surface area contributed by atoms with Gasteiger partial charge in [-0.15, -0.1) is 0 Å². The monoisotopic (exact) mass is 325 g/mol. The van der Waals surface area contributed by atoms with E-state index < -0.39 is 0 Å². The van der Waals surface area contributed by atoms with Crippen LogP contribution in [0.1, 0.15) is 39.5 Å². The number of hydrogen-bond acceptors (Lipinski definition) is 3. The molecule has 0 aromatic heterocycles. The Morgan fingerprint density at radius 3 is 2.67 bits per heavy atom. The second-order valence-electron chi connectivity index (χ2n) is 6.39. The predicted octanol–water partition coefficient (Wildman–Crippen LogP) is 4.31. The summed E-state index contributed by atoms with van der Waals surface area (Å²) in [7, 11) is 0. The van der Waals surface area contributed by atoms with Crippen LogP contribution in [0, 0.1) is 5.92 Å². The summed E-state index contributed by atoms with van der Waals surface area (Å²) in [5, 5.41) is 1.87. The van der Waals surface area contributed by atoms with Crippen LogP contribution < -0.4 is 9.64 Å². The molecule has 0 aliphatic carbocycles. The fraction of sp³-hybridized carbons (Fsp3) is 0.400. The molecule has 1 heterocycles. The van der Waals surface area contributed by atoms with Gasteiger partial charge in [-0.1, -0.05) is 51.0 Å². The molecule has 1 saturated heterocycles. The van der Waals surface area contributed by atoms with Crippen molar-refractivity contribution >= 4 is 28.3 Å². The van der Waals surface area contributed by atoms with Crippen LogP contribution in [0.4, 0.5) is 5.69 Å². The van der Waals surface area contributed by atoms with Crippen LogP contribution in [0.15, 0.2) is 36.4 Å². The number of ether oxygens (including phenoxy) is 1. The van der Waals surface area contributed by atoms with Crippen LogP contribution in [0.25, 0.3) is 10.8 Å².